The van der Waals surface area contributed by atoms with Crippen molar-refractivity contribution in [3.05, 3.63) is 28.5 Å². The van der Waals surface area contributed by atoms with Crippen molar-refractivity contribution in [2.75, 3.05) is 13.1 Å². The Balaban J connectivity index is 2.01. The van der Waals surface area contributed by atoms with Gasteiger partial charge in [0, 0.05) is 13.1 Å². The number of nitrogens with zero attached hydrogens (tertiary/aromatic N) is 2. The van der Waals surface area contributed by atoms with Crippen LogP contribution in [0.4, 0.5) is 18.0 Å². The number of pyridine rings is 1. The second kappa shape index (κ2) is 6.78. The van der Waals surface area contributed by atoms with E-state index < -0.39 is 23.6 Å². The van der Waals surface area contributed by atoms with Crippen LogP contribution in [0.3, 0.4) is 0 Å². The first-order valence-corrected chi connectivity index (χ1v) is 8.03. The van der Waals surface area contributed by atoms with Crippen molar-refractivity contribution in [3.8, 4) is 0 Å². The van der Waals surface area contributed by atoms with E-state index in [9.17, 15) is 18.0 Å². The molecule has 1 aromatic heterocycles. The van der Waals surface area contributed by atoms with Crippen molar-refractivity contribution in [2.24, 2.45) is 5.92 Å². The number of aromatic nitrogens is 1. The Morgan fingerprint density at radius 2 is 2.04 bits per heavy atom. The molecule has 1 fully saturated rings. The number of likely N-dealkylation sites (tertiary alicyclic amines) is 1. The molecule has 1 amide bonds. The molecule has 1 aliphatic rings. The van der Waals surface area contributed by atoms with Gasteiger partial charge in [0.25, 0.3) is 0 Å². The number of amides is 1. The molecule has 0 saturated carbocycles. The maximum absolute atomic E-state index is 12.8. The Morgan fingerprint density at radius 3 is 2.62 bits per heavy atom. The predicted octanol–water partition coefficient (Wildman–Crippen LogP) is 4.55. The summed E-state index contributed by atoms with van der Waals surface area (Å²) in [5.74, 6) is 0.0667. The van der Waals surface area contributed by atoms with E-state index in [2.05, 4.69) is 4.98 Å². The van der Waals surface area contributed by atoms with Crippen LogP contribution in [0.25, 0.3) is 0 Å². The van der Waals surface area contributed by atoms with Crippen LogP contribution in [-0.4, -0.2) is 34.7 Å². The second-order valence-electron chi connectivity index (χ2n) is 6.97. The molecule has 0 aromatic carbocycles. The smallest absolute Gasteiger partial charge is 0.433 e. The largest absolute Gasteiger partial charge is 0.444 e. The van der Waals surface area contributed by atoms with Crippen LogP contribution in [0.1, 0.15) is 38.4 Å². The van der Waals surface area contributed by atoms with Crippen molar-refractivity contribution in [1.29, 1.82) is 0 Å². The average Bonchev–Trinajstić information content (AvgIpc) is 2.83. The molecule has 0 radical (unpaired) electrons. The lowest BCUT2D eigenvalue weighted by Crippen LogP contribution is -2.35. The number of ether oxygens (including phenoxy) is 1. The summed E-state index contributed by atoms with van der Waals surface area (Å²) in [6, 6.07) is 2.45. The summed E-state index contributed by atoms with van der Waals surface area (Å²) in [7, 11) is 0. The molecular weight excluding hydrogens is 345 g/mol. The summed E-state index contributed by atoms with van der Waals surface area (Å²) >= 11 is 5.70. The highest BCUT2D eigenvalue weighted by atomic mass is 35.5. The number of hydrogen-bond donors (Lipinski definition) is 0. The summed E-state index contributed by atoms with van der Waals surface area (Å²) in [6.07, 6.45) is -3.81. The van der Waals surface area contributed by atoms with Crippen molar-refractivity contribution >= 4 is 17.7 Å². The molecule has 1 aromatic rings. The molecule has 0 spiro atoms. The molecule has 2 rings (SSSR count). The molecule has 0 N–H and O–H groups in total. The SMILES string of the molecule is CC(C)(C)OC(=O)N1CCC(Cc2cc(Cl)nc(C(F)(F)F)c2)C1. The fourth-order valence-electron chi connectivity index (χ4n) is 2.64. The molecule has 1 atom stereocenters. The van der Waals surface area contributed by atoms with Crippen LogP contribution in [0.2, 0.25) is 5.15 Å². The lowest BCUT2D eigenvalue weighted by atomic mass is 9.99. The van der Waals surface area contributed by atoms with Crippen molar-refractivity contribution < 1.29 is 22.7 Å². The van der Waals surface area contributed by atoms with Crippen LogP contribution in [0.5, 0.6) is 0 Å². The molecule has 8 heteroatoms. The molecule has 24 heavy (non-hydrogen) atoms. The van der Waals surface area contributed by atoms with Crippen molar-refractivity contribution in [3.63, 3.8) is 0 Å². The first-order chi connectivity index (χ1) is 10.9. The monoisotopic (exact) mass is 364 g/mol. The molecule has 1 saturated heterocycles. The first kappa shape index (κ1) is 18.8. The molecule has 0 aliphatic carbocycles. The zero-order valence-electron chi connectivity index (χ0n) is 13.8. The van der Waals surface area contributed by atoms with E-state index in [1.807, 2.05) is 0 Å². The number of halogens is 4. The molecule has 2 heterocycles. The normalized spacial score (nSPS) is 18.8. The van der Waals surface area contributed by atoms with Crippen LogP contribution in [0.15, 0.2) is 12.1 Å². The van der Waals surface area contributed by atoms with E-state index >= 15 is 0 Å². The minimum atomic E-state index is -4.53. The molecule has 1 unspecified atom stereocenters. The number of carbonyl (C=O) groups excluding carboxylic acids is 1. The van der Waals surface area contributed by atoms with Gasteiger partial charge >= 0.3 is 12.3 Å². The number of hydrogen-bond acceptors (Lipinski definition) is 3. The Kier molecular flexibility index (Phi) is 5.32. The first-order valence-electron chi connectivity index (χ1n) is 7.65. The standard InChI is InChI=1S/C16H20ClF3N2O2/c1-15(2,3)24-14(23)22-5-4-10(9-22)6-11-7-12(16(18,19)20)21-13(17)8-11/h7-8,10H,4-6,9H2,1-3H3. The van der Waals surface area contributed by atoms with E-state index in [4.69, 9.17) is 16.3 Å². The lowest BCUT2D eigenvalue weighted by Gasteiger charge is -2.24. The van der Waals surface area contributed by atoms with E-state index in [0.29, 0.717) is 31.5 Å². The van der Waals surface area contributed by atoms with Gasteiger partial charge in [-0.05, 0) is 57.2 Å². The Hall–Kier alpha value is -1.50. The van der Waals surface area contributed by atoms with Crippen molar-refractivity contribution in [1.82, 2.24) is 9.88 Å². The number of rotatable bonds is 2. The molecule has 4 nitrogen and oxygen atoms in total. The van der Waals surface area contributed by atoms with Gasteiger partial charge in [0.15, 0.2) is 0 Å². The fraction of sp³-hybridized carbons (Fsp3) is 0.625. The van der Waals surface area contributed by atoms with Crippen molar-refractivity contribution in [2.45, 2.75) is 45.4 Å². The minimum absolute atomic E-state index is 0.0667. The van der Waals surface area contributed by atoms with Gasteiger partial charge in [-0.25, -0.2) is 9.78 Å². The highest BCUT2D eigenvalue weighted by Gasteiger charge is 2.34. The highest BCUT2D eigenvalue weighted by molar-refractivity contribution is 6.29. The van der Waals surface area contributed by atoms with Gasteiger partial charge in [0.05, 0.1) is 0 Å². The summed E-state index contributed by atoms with van der Waals surface area (Å²) in [6.45, 7) is 6.35. The quantitative estimate of drug-likeness (QED) is 0.723. The Labute approximate surface area is 143 Å². The number of alkyl halides is 3. The minimum Gasteiger partial charge on any atom is -0.444 e. The maximum Gasteiger partial charge on any atom is 0.433 e. The van der Waals surface area contributed by atoms with E-state index in [-0.39, 0.29) is 11.1 Å². The maximum atomic E-state index is 12.8. The van der Waals surface area contributed by atoms with E-state index in [0.717, 1.165) is 6.07 Å². The summed E-state index contributed by atoms with van der Waals surface area (Å²) in [5, 5.41) is -0.179. The van der Waals surface area contributed by atoms with Gasteiger partial charge in [-0.1, -0.05) is 11.6 Å². The average molecular weight is 365 g/mol. The van der Waals surface area contributed by atoms with Gasteiger partial charge in [-0.2, -0.15) is 13.2 Å². The van der Waals surface area contributed by atoms with Gasteiger partial charge in [0.1, 0.15) is 16.4 Å². The molecule has 0 bridgehead atoms. The molecule has 134 valence electrons. The highest BCUT2D eigenvalue weighted by Crippen LogP contribution is 2.31. The zero-order valence-corrected chi connectivity index (χ0v) is 14.5. The zero-order chi connectivity index (χ0) is 18.1. The lowest BCUT2D eigenvalue weighted by molar-refractivity contribution is -0.141. The third kappa shape index (κ3) is 5.26. The third-order valence-electron chi connectivity index (χ3n) is 3.61. The van der Waals surface area contributed by atoms with Gasteiger partial charge < -0.3 is 9.64 Å². The van der Waals surface area contributed by atoms with E-state index in [1.165, 1.54) is 6.07 Å². The second-order valence-corrected chi connectivity index (χ2v) is 7.35. The summed E-state index contributed by atoms with van der Waals surface area (Å²) in [5.41, 5.74) is -1.10. The summed E-state index contributed by atoms with van der Waals surface area (Å²) < 4.78 is 43.7. The van der Waals surface area contributed by atoms with Gasteiger partial charge in [0.2, 0.25) is 0 Å². The Morgan fingerprint density at radius 1 is 1.38 bits per heavy atom. The van der Waals surface area contributed by atoms with Gasteiger partial charge in [-0.3, -0.25) is 0 Å². The van der Waals surface area contributed by atoms with Crippen LogP contribution >= 0.6 is 11.6 Å². The fourth-order valence-corrected chi connectivity index (χ4v) is 2.87. The van der Waals surface area contributed by atoms with Gasteiger partial charge in [-0.15, -0.1) is 0 Å². The predicted molar refractivity (Wildman–Crippen MR) is 83.9 cm³/mol. The third-order valence-corrected chi connectivity index (χ3v) is 3.80. The molecular formula is C16H20ClF3N2O2. The summed E-state index contributed by atoms with van der Waals surface area (Å²) in [4.78, 5) is 16.9. The Bertz CT molecular complexity index is 614. The van der Waals surface area contributed by atoms with Crippen LogP contribution in [0, 0.1) is 5.92 Å². The topological polar surface area (TPSA) is 42.4 Å². The van der Waals surface area contributed by atoms with E-state index in [1.54, 1.807) is 25.7 Å². The number of carbonyl (C=O) groups is 1. The van der Waals surface area contributed by atoms with Crippen LogP contribution < -0.4 is 0 Å². The van der Waals surface area contributed by atoms with Crippen LogP contribution in [-0.2, 0) is 17.3 Å². The molecule has 1 aliphatic heterocycles.